The highest BCUT2D eigenvalue weighted by Gasteiger charge is 2.32. The number of aryl methyl sites for hydroxylation is 1. The second kappa shape index (κ2) is 4.67. The van der Waals surface area contributed by atoms with Crippen molar-refractivity contribution in [2.45, 2.75) is 39.7 Å². The fraction of sp³-hybridized carbons (Fsp3) is 0.786. The first-order chi connectivity index (χ1) is 8.30. The molecule has 1 aromatic rings. The molecule has 1 saturated heterocycles. The number of aromatic nitrogens is 2. The van der Waals surface area contributed by atoms with Gasteiger partial charge in [0.25, 0.3) is 0 Å². The molecule has 2 rings (SSSR count). The van der Waals surface area contributed by atoms with E-state index in [0.717, 1.165) is 26.3 Å². The smallest absolute Gasteiger partial charge is 0.0722 e. The molecular formula is C14H25N3O. The van der Waals surface area contributed by atoms with Gasteiger partial charge in [-0.05, 0) is 0 Å². The van der Waals surface area contributed by atoms with Crippen molar-refractivity contribution >= 4 is 0 Å². The van der Waals surface area contributed by atoms with E-state index in [0.29, 0.717) is 5.41 Å². The Morgan fingerprint density at radius 3 is 2.61 bits per heavy atom. The zero-order chi connectivity index (χ0) is 13.4. The lowest BCUT2D eigenvalue weighted by molar-refractivity contribution is -0.0991. The normalized spacial score (nSPS) is 18.7. The van der Waals surface area contributed by atoms with Crippen LogP contribution in [0.15, 0.2) is 6.20 Å². The van der Waals surface area contributed by atoms with Crippen molar-refractivity contribution in [2.24, 2.45) is 12.5 Å². The number of nitrogens with one attached hydrogen (secondary N) is 1. The van der Waals surface area contributed by atoms with Crippen LogP contribution in [0.4, 0.5) is 0 Å². The Morgan fingerprint density at radius 1 is 1.44 bits per heavy atom. The van der Waals surface area contributed by atoms with Crippen LogP contribution in [0, 0.1) is 5.41 Å². The Labute approximate surface area is 110 Å². The van der Waals surface area contributed by atoms with Crippen LogP contribution in [0.3, 0.4) is 0 Å². The van der Waals surface area contributed by atoms with Crippen molar-refractivity contribution in [3.8, 4) is 0 Å². The quantitative estimate of drug-likeness (QED) is 0.887. The van der Waals surface area contributed by atoms with Crippen molar-refractivity contribution < 1.29 is 4.74 Å². The van der Waals surface area contributed by atoms with Crippen molar-refractivity contribution in [1.29, 1.82) is 0 Å². The number of hydrogen-bond acceptors (Lipinski definition) is 3. The molecule has 0 bridgehead atoms. The van der Waals surface area contributed by atoms with Gasteiger partial charge in [-0.15, -0.1) is 0 Å². The molecule has 0 atom stereocenters. The molecule has 102 valence electrons. The zero-order valence-corrected chi connectivity index (χ0v) is 12.2. The van der Waals surface area contributed by atoms with Gasteiger partial charge in [0, 0.05) is 42.7 Å². The van der Waals surface area contributed by atoms with E-state index >= 15 is 0 Å². The van der Waals surface area contributed by atoms with Crippen LogP contribution in [0.1, 0.15) is 39.0 Å². The topological polar surface area (TPSA) is 39.1 Å². The highest BCUT2D eigenvalue weighted by Crippen LogP contribution is 2.26. The van der Waals surface area contributed by atoms with Crippen LogP contribution in [-0.4, -0.2) is 29.5 Å². The van der Waals surface area contributed by atoms with Gasteiger partial charge in [0.2, 0.25) is 0 Å². The Kier molecular flexibility index (Phi) is 3.52. The first-order valence-electron chi connectivity index (χ1n) is 6.62. The summed E-state index contributed by atoms with van der Waals surface area (Å²) in [7, 11) is 1.99. The summed E-state index contributed by atoms with van der Waals surface area (Å²) in [6, 6.07) is 0. The molecule has 0 aromatic carbocycles. The molecule has 1 aliphatic heterocycles. The van der Waals surface area contributed by atoms with Crippen LogP contribution in [0.25, 0.3) is 0 Å². The minimum atomic E-state index is 0.0990. The largest absolute Gasteiger partial charge is 0.380 e. The summed E-state index contributed by atoms with van der Waals surface area (Å²) >= 11 is 0. The highest BCUT2D eigenvalue weighted by atomic mass is 16.5. The summed E-state index contributed by atoms with van der Waals surface area (Å²) in [5.74, 6) is 0. The lowest BCUT2D eigenvalue weighted by Gasteiger charge is -2.38. The summed E-state index contributed by atoms with van der Waals surface area (Å²) in [6.07, 6.45) is 2.12. The molecule has 1 N–H and O–H groups in total. The molecule has 0 spiro atoms. The Morgan fingerprint density at radius 2 is 2.11 bits per heavy atom. The maximum atomic E-state index is 5.27. The van der Waals surface area contributed by atoms with E-state index in [1.165, 1.54) is 11.3 Å². The second-order valence-corrected chi connectivity index (χ2v) is 6.83. The molecule has 1 aromatic heterocycles. The predicted octanol–water partition coefficient (Wildman–Crippen LogP) is 1.84. The van der Waals surface area contributed by atoms with Gasteiger partial charge in [0.05, 0.1) is 18.9 Å². The van der Waals surface area contributed by atoms with Crippen molar-refractivity contribution in [2.75, 3.05) is 19.8 Å². The second-order valence-electron chi connectivity index (χ2n) is 6.83. The van der Waals surface area contributed by atoms with Crippen LogP contribution < -0.4 is 5.32 Å². The average Bonchev–Trinajstić information content (AvgIpc) is 2.57. The van der Waals surface area contributed by atoms with Gasteiger partial charge in [-0.1, -0.05) is 27.7 Å². The van der Waals surface area contributed by atoms with E-state index in [-0.39, 0.29) is 5.41 Å². The van der Waals surface area contributed by atoms with Gasteiger partial charge in [-0.2, -0.15) is 5.10 Å². The van der Waals surface area contributed by atoms with Crippen LogP contribution in [-0.2, 0) is 23.7 Å². The van der Waals surface area contributed by atoms with Gasteiger partial charge < -0.3 is 10.1 Å². The Balaban J connectivity index is 1.96. The predicted molar refractivity (Wildman–Crippen MR) is 72.5 cm³/mol. The first-order valence-corrected chi connectivity index (χ1v) is 6.62. The van der Waals surface area contributed by atoms with Crippen LogP contribution in [0.5, 0.6) is 0 Å². The lowest BCUT2D eigenvalue weighted by atomic mass is 9.88. The molecule has 0 unspecified atom stereocenters. The number of ether oxygens (including phenoxy) is 1. The number of rotatable bonds is 4. The van der Waals surface area contributed by atoms with Gasteiger partial charge in [0.1, 0.15) is 0 Å². The molecule has 2 heterocycles. The zero-order valence-electron chi connectivity index (χ0n) is 12.2. The summed E-state index contributed by atoms with van der Waals surface area (Å²) in [5, 5.41) is 8.12. The molecule has 1 fully saturated rings. The summed E-state index contributed by atoms with van der Waals surface area (Å²) in [5.41, 5.74) is 2.91. The first kappa shape index (κ1) is 13.6. The highest BCUT2D eigenvalue weighted by molar-refractivity contribution is 5.23. The summed E-state index contributed by atoms with van der Waals surface area (Å²) in [4.78, 5) is 0. The van der Waals surface area contributed by atoms with E-state index in [1.54, 1.807) is 0 Å². The minimum Gasteiger partial charge on any atom is -0.380 e. The van der Waals surface area contributed by atoms with E-state index < -0.39 is 0 Å². The Bertz CT molecular complexity index is 413. The van der Waals surface area contributed by atoms with Gasteiger partial charge >= 0.3 is 0 Å². The van der Waals surface area contributed by atoms with Crippen molar-refractivity contribution in [3.05, 3.63) is 17.5 Å². The Hall–Kier alpha value is -0.870. The van der Waals surface area contributed by atoms with Crippen molar-refractivity contribution in [1.82, 2.24) is 15.1 Å². The number of hydrogen-bond donors (Lipinski definition) is 1. The monoisotopic (exact) mass is 251 g/mol. The molecular weight excluding hydrogens is 226 g/mol. The van der Waals surface area contributed by atoms with Crippen molar-refractivity contribution in [3.63, 3.8) is 0 Å². The minimum absolute atomic E-state index is 0.0990. The molecule has 0 amide bonds. The van der Waals surface area contributed by atoms with Gasteiger partial charge in [0.15, 0.2) is 0 Å². The average molecular weight is 251 g/mol. The van der Waals surface area contributed by atoms with E-state index in [2.05, 4.69) is 44.3 Å². The lowest BCUT2D eigenvalue weighted by Crippen LogP contribution is -2.47. The SMILES string of the molecule is Cn1cc(CNCC2(C)COC2)c(C(C)(C)C)n1. The summed E-state index contributed by atoms with van der Waals surface area (Å²) in [6.45, 7) is 12.5. The van der Waals surface area contributed by atoms with E-state index in [4.69, 9.17) is 4.74 Å². The maximum absolute atomic E-state index is 5.27. The summed E-state index contributed by atoms with van der Waals surface area (Å²) < 4.78 is 7.17. The fourth-order valence-corrected chi connectivity index (χ4v) is 2.35. The van der Waals surface area contributed by atoms with Crippen LogP contribution >= 0.6 is 0 Å². The molecule has 4 nitrogen and oxygen atoms in total. The standard InChI is InChI=1S/C14H25N3O/c1-13(2,3)12-11(7-17(5)16-12)6-15-8-14(4)9-18-10-14/h7,15H,6,8-10H2,1-5H3. The number of nitrogens with zero attached hydrogens (tertiary/aromatic N) is 2. The third kappa shape index (κ3) is 2.93. The fourth-order valence-electron chi connectivity index (χ4n) is 2.35. The van der Waals surface area contributed by atoms with E-state index in [9.17, 15) is 0 Å². The maximum Gasteiger partial charge on any atom is 0.0722 e. The molecule has 0 saturated carbocycles. The third-order valence-electron chi connectivity index (χ3n) is 3.38. The van der Waals surface area contributed by atoms with E-state index in [1.807, 2.05) is 11.7 Å². The molecule has 1 aliphatic rings. The molecule has 4 heteroatoms. The molecule has 0 radical (unpaired) electrons. The molecule has 0 aliphatic carbocycles. The van der Waals surface area contributed by atoms with Crippen LogP contribution in [0.2, 0.25) is 0 Å². The van der Waals surface area contributed by atoms with Gasteiger partial charge in [-0.25, -0.2) is 0 Å². The molecule has 18 heavy (non-hydrogen) atoms. The van der Waals surface area contributed by atoms with Gasteiger partial charge in [-0.3, -0.25) is 4.68 Å². The third-order valence-corrected chi connectivity index (χ3v) is 3.38.